The van der Waals surface area contributed by atoms with Gasteiger partial charge in [0.15, 0.2) is 34.6 Å². The van der Waals surface area contributed by atoms with E-state index in [-0.39, 0.29) is 5.92 Å². The van der Waals surface area contributed by atoms with Crippen LogP contribution in [-0.2, 0) is 13.0 Å². The SMILES string of the molecule is COc1cc2cnnc(N3CCC(Cc4ccc(C)nn4)CC3)c2cc1OC.COc1cc2cnnc(N3CCCC(c4nnc(CN(C)C)o4)C3)c2cc1OC. The first-order valence-corrected chi connectivity index (χ1v) is 19.3. The van der Waals surface area contributed by atoms with Crippen molar-refractivity contribution < 1.29 is 23.4 Å². The summed E-state index contributed by atoms with van der Waals surface area (Å²) in [6.45, 7) is 6.16. The van der Waals surface area contributed by atoms with Crippen LogP contribution < -0.4 is 28.7 Å². The molecule has 2 fully saturated rings. The average Bonchev–Trinajstić information content (AvgIpc) is 3.71. The zero-order valence-electron chi connectivity index (χ0n) is 33.8. The fourth-order valence-electron chi connectivity index (χ4n) is 7.57. The van der Waals surface area contributed by atoms with Gasteiger partial charge < -0.3 is 38.1 Å². The molecule has 0 amide bonds. The smallest absolute Gasteiger partial charge is 0.230 e. The molecule has 16 nitrogen and oxygen atoms in total. The van der Waals surface area contributed by atoms with E-state index in [0.717, 1.165) is 103 Å². The first-order chi connectivity index (χ1) is 27.8. The minimum Gasteiger partial charge on any atom is -0.493 e. The number of aryl methyl sites for hydroxylation is 1. The fourth-order valence-corrected chi connectivity index (χ4v) is 7.57. The third kappa shape index (κ3) is 9.06. The highest BCUT2D eigenvalue weighted by atomic mass is 16.5. The molecule has 2 aromatic carbocycles. The first kappa shape index (κ1) is 39.3. The molecule has 6 aromatic rings. The number of fused-ring (bicyclic) bond motifs is 2. The molecule has 0 bridgehead atoms. The van der Waals surface area contributed by atoms with E-state index >= 15 is 0 Å². The molecule has 2 saturated heterocycles. The molecule has 300 valence electrons. The highest BCUT2D eigenvalue weighted by molar-refractivity contribution is 5.95. The Morgan fingerprint density at radius 3 is 1.84 bits per heavy atom. The Labute approximate surface area is 332 Å². The summed E-state index contributed by atoms with van der Waals surface area (Å²) in [5, 5.41) is 38.2. The summed E-state index contributed by atoms with van der Waals surface area (Å²) in [5.41, 5.74) is 2.03. The lowest BCUT2D eigenvalue weighted by Crippen LogP contribution is -2.35. The lowest BCUT2D eigenvalue weighted by molar-refractivity contribution is 0.318. The number of anilines is 2. The van der Waals surface area contributed by atoms with Crippen LogP contribution >= 0.6 is 0 Å². The van der Waals surface area contributed by atoms with E-state index in [1.54, 1.807) is 40.8 Å². The Balaban J connectivity index is 0.000000174. The van der Waals surface area contributed by atoms with E-state index in [0.29, 0.717) is 47.2 Å². The number of ether oxygens (including phenoxy) is 4. The molecular formula is C41H51N11O5. The summed E-state index contributed by atoms with van der Waals surface area (Å²) < 4.78 is 27.7. The summed E-state index contributed by atoms with van der Waals surface area (Å²) in [6, 6.07) is 12.0. The van der Waals surface area contributed by atoms with Gasteiger partial charge in [-0.1, -0.05) is 0 Å². The highest BCUT2D eigenvalue weighted by Gasteiger charge is 2.28. The van der Waals surface area contributed by atoms with Crippen LogP contribution in [0.1, 0.15) is 54.8 Å². The maximum atomic E-state index is 5.91. The van der Waals surface area contributed by atoms with E-state index in [9.17, 15) is 0 Å². The van der Waals surface area contributed by atoms with Crippen LogP contribution in [0.4, 0.5) is 11.6 Å². The van der Waals surface area contributed by atoms with Crippen molar-refractivity contribution in [1.29, 1.82) is 0 Å². The van der Waals surface area contributed by atoms with Crippen LogP contribution in [-0.4, -0.2) is 114 Å². The van der Waals surface area contributed by atoms with Crippen molar-refractivity contribution in [2.75, 3.05) is 78.5 Å². The van der Waals surface area contributed by atoms with Crippen LogP contribution in [0.15, 0.2) is 53.2 Å². The Morgan fingerprint density at radius 2 is 1.28 bits per heavy atom. The molecule has 8 rings (SSSR count). The van der Waals surface area contributed by atoms with E-state index < -0.39 is 0 Å². The van der Waals surface area contributed by atoms with Gasteiger partial charge in [-0.3, -0.25) is 0 Å². The van der Waals surface area contributed by atoms with Gasteiger partial charge in [-0.05, 0) is 95.4 Å². The number of aromatic nitrogens is 8. The van der Waals surface area contributed by atoms with Crippen molar-refractivity contribution >= 4 is 33.2 Å². The number of benzene rings is 2. The van der Waals surface area contributed by atoms with Gasteiger partial charge in [-0.2, -0.15) is 20.4 Å². The molecule has 0 saturated carbocycles. The van der Waals surface area contributed by atoms with Crippen molar-refractivity contribution in [2.45, 2.75) is 51.5 Å². The Morgan fingerprint density at radius 1 is 0.684 bits per heavy atom. The maximum Gasteiger partial charge on any atom is 0.230 e. The number of rotatable bonds is 11. The predicted molar refractivity (Wildman–Crippen MR) is 217 cm³/mol. The topological polar surface area (TPSA) is 163 Å². The van der Waals surface area contributed by atoms with Gasteiger partial charge in [0, 0.05) is 47.7 Å². The minimum absolute atomic E-state index is 0.171. The van der Waals surface area contributed by atoms with E-state index in [2.05, 4.69) is 56.7 Å². The molecule has 57 heavy (non-hydrogen) atoms. The largest absolute Gasteiger partial charge is 0.493 e. The number of hydrogen-bond donors (Lipinski definition) is 0. The molecule has 2 aliphatic rings. The predicted octanol–water partition coefficient (Wildman–Crippen LogP) is 5.68. The molecule has 6 heterocycles. The second-order valence-corrected chi connectivity index (χ2v) is 14.8. The minimum atomic E-state index is 0.171. The quantitative estimate of drug-likeness (QED) is 0.158. The number of hydrogen-bond acceptors (Lipinski definition) is 16. The molecule has 2 aliphatic heterocycles. The maximum absolute atomic E-state index is 5.91. The summed E-state index contributed by atoms with van der Waals surface area (Å²) >= 11 is 0. The van der Waals surface area contributed by atoms with Crippen molar-refractivity contribution in [2.24, 2.45) is 5.92 Å². The molecule has 1 atom stereocenters. The molecule has 1 unspecified atom stereocenters. The van der Waals surface area contributed by atoms with Crippen LogP contribution in [0, 0.1) is 12.8 Å². The Kier molecular flexibility index (Phi) is 12.4. The van der Waals surface area contributed by atoms with E-state index in [1.807, 2.05) is 56.3 Å². The van der Waals surface area contributed by atoms with E-state index in [1.165, 1.54) is 0 Å². The van der Waals surface area contributed by atoms with Gasteiger partial charge in [0.05, 0.1) is 64.7 Å². The molecule has 0 radical (unpaired) electrons. The van der Waals surface area contributed by atoms with Crippen LogP contribution in [0.3, 0.4) is 0 Å². The summed E-state index contributed by atoms with van der Waals surface area (Å²) in [6.07, 6.45) is 8.71. The molecule has 0 N–H and O–H groups in total. The van der Waals surface area contributed by atoms with Crippen LogP contribution in [0.5, 0.6) is 23.0 Å². The normalized spacial score (nSPS) is 16.1. The third-order valence-corrected chi connectivity index (χ3v) is 10.6. The zero-order valence-corrected chi connectivity index (χ0v) is 33.8. The average molecular weight is 778 g/mol. The van der Waals surface area contributed by atoms with Gasteiger partial charge >= 0.3 is 0 Å². The van der Waals surface area contributed by atoms with Crippen molar-refractivity contribution in [3.8, 4) is 23.0 Å². The second-order valence-electron chi connectivity index (χ2n) is 14.8. The Hall–Kier alpha value is -5.90. The zero-order chi connectivity index (χ0) is 39.9. The van der Waals surface area contributed by atoms with Crippen molar-refractivity contribution in [3.05, 3.63) is 72.0 Å². The van der Waals surface area contributed by atoms with Gasteiger partial charge in [0.1, 0.15) is 0 Å². The summed E-state index contributed by atoms with van der Waals surface area (Å²) in [5.74, 6) is 6.62. The summed E-state index contributed by atoms with van der Waals surface area (Å²) in [4.78, 5) is 6.57. The highest BCUT2D eigenvalue weighted by Crippen LogP contribution is 2.38. The van der Waals surface area contributed by atoms with Gasteiger partial charge in [-0.15, -0.1) is 20.4 Å². The standard InChI is InChI=1S/C21H25N5O2.C20H26N6O3/c1-14-4-5-17(24-23-14)10-15-6-8-26(9-7-15)21-18-12-20(28-3)19(27-2)11-16(18)13-22-25-21;1-25(2)12-18-22-24-20(29-18)13-6-5-7-26(11-13)19-15-9-17(28-4)16(27-3)8-14(15)10-21-23-19/h4-5,11-13,15H,6-10H2,1-3H3;8-10,13H,5-7,11-12H2,1-4H3. The molecular weight excluding hydrogens is 727 g/mol. The number of methoxy groups -OCH3 is 4. The second kappa shape index (κ2) is 17.9. The van der Waals surface area contributed by atoms with E-state index in [4.69, 9.17) is 23.4 Å². The molecule has 0 spiro atoms. The molecule has 16 heteroatoms. The van der Waals surface area contributed by atoms with Gasteiger partial charge in [0.2, 0.25) is 11.8 Å². The van der Waals surface area contributed by atoms with Crippen molar-refractivity contribution in [1.82, 2.24) is 45.7 Å². The van der Waals surface area contributed by atoms with Gasteiger partial charge in [-0.25, -0.2) is 0 Å². The lowest BCUT2D eigenvalue weighted by Gasteiger charge is -2.33. The molecule has 4 aromatic heterocycles. The van der Waals surface area contributed by atoms with Crippen LogP contribution in [0.25, 0.3) is 21.5 Å². The molecule has 0 aliphatic carbocycles. The number of piperidine rings is 2. The van der Waals surface area contributed by atoms with Crippen molar-refractivity contribution in [3.63, 3.8) is 0 Å². The number of nitrogens with zero attached hydrogens (tertiary/aromatic N) is 11. The Bertz CT molecular complexity index is 2260. The first-order valence-electron chi connectivity index (χ1n) is 19.3. The van der Waals surface area contributed by atoms with Gasteiger partial charge in [0.25, 0.3) is 0 Å². The third-order valence-electron chi connectivity index (χ3n) is 10.6. The monoisotopic (exact) mass is 777 g/mol. The fraction of sp³-hybridized carbons (Fsp3) is 0.463. The van der Waals surface area contributed by atoms with Crippen LogP contribution in [0.2, 0.25) is 0 Å². The summed E-state index contributed by atoms with van der Waals surface area (Å²) in [7, 11) is 10.5. The lowest BCUT2D eigenvalue weighted by atomic mass is 9.92.